The number of aromatic nitrogens is 1. The fourth-order valence-electron chi connectivity index (χ4n) is 5.75. The Labute approximate surface area is 258 Å². The van der Waals surface area contributed by atoms with Gasteiger partial charge in [-0.3, -0.25) is 16.1 Å². The van der Waals surface area contributed by atoms with Gasteiger partial charge in [-0.2, -0.15) is 0 Å². The highest BCUT2D eigenvalue weighted by Crippen LogP contribution is 2.38. The molecule has 7 nitrogen and oxygen atoms in total. The van der Waals surface area contributed by atoms with Gasteiger partial charge in [0, 0.05) is 42.1 Å². The number of nitrogens with one attached hydrogen (secondary N) is 2. The number of carbonyl (C=O) groups is 1. The van der Waals surface area contributed by atoms with Gasteiger partial charge in [0.05, 0.1) is 18.9 Å². The standard InChI is InChI=1S/C35H49N3O3.CH3N/c1-6-14-30(24-40-5)34-32(23-35(3,4)25-41-26-39)31-22-29(18-19-33(31)38(34)7-2)28-17-13-16-27(21-28)15-11-9-8-10-12-20-37-36;1-2/h6,13-14,16-19,21-22,26,37H,1,7-12,15,20,23-25,36H2,2-5H3;2H,1H2/b30-14+;. The molecule has 3 rings (SSSR count). The molecule has 4 N–H and O–H groups in total. The molecule has 234 valence electrons. The van der Waals surface area contributed by atoms with Gasteiger partial charge in [0.15, 0.2) is 0 Å². The lowest BCUT2D eigenvalue weighted by molar-refractivity contribution is -0.131. The summed E-state index contributed by atoms with van der Waals surface area (Å²) in [4.78, 5) is 11.0. The lowest BCUT2D eigenvalue weighted by Crippen LogP contribution is -2.23. The molecule has 0 saturated carbocycles. The molecule has 43 heavy (non-hydrogen) atoms. The van der Waals surface area contributed by atoms with Crippen LogP contribution in [-0.2, 0) is 33.7 Å². The van der Waals surface area contributed by atoms with Gasteiger partial charge in [-0.25, -0.2) is 0 Å². The molecule has 0 spiro atoms. The molecule has 0 unspecified atom stereocenters. The highest BCUT2D eigenvalue weighted by molar-refractivity contribution is 5.94. The largest absolute Gasteiger partial charge is 0.467 e. The second-order valence-corrected chi connectivity index (χ2v) is 11.6. The number of methoxy groups -OCH3 is 1. The van der Waals surface area contributed by atoms with E-state index < -0.39 is 0 Å². The van der Waals surface area contributed by atoms with Gasteiger partial charge < -0.3 is 19.5 Å². The highest BCUT2D eigenvalue weighted by atomic mass is 16.5. The van der Waals surface area contributed by atoms with Crippen molar-refractivity contribution in [2.24, 2.45) is 11.3 Å². The quantitative estimate of drug-likeness (QED) is 0.0336. The Balaban J connectivity index is 0.00000316. The van der Waals surface area contributed by atoms with Crippen molar-refractivity contribution in [2.75, 3.05) is 26.9 Å². The smallest absolute Gasteiger partial charge is 0.293 e. The molecule has 2 aromatic carbocycles. The van der Waals surface area contributed by atoms with Crippen LogP contribution in [0.4, 0.5) is 0 Å². The van der Waals surface area contributed by atoms with Crippen molar-refractivity contribution in [3.63, 3.8) is 0 Å². The first kappa shape index (κ1) is 35.7. The van der Waals surface area contributed by atoms with E-state index in [0.717, 1.165) is 43.6 Å². The predicted molar refractivity (Wildman–Crippen MR) is 181 cm³/mol. The minimum Gasteiger partial charge on any atom is -0.467 e. The third-order valence-electron chi connectivity index (χ3n) is 7.65. The maximum Gasteiger partial charge on any atom is 0.293 e. The Hall–Kier alpha value is -3.52. The number of fused-ring (bicyclic) bond motifs is 1. The van der Waals surface area contributed by atoms with Crippen molar-refractivity contribution in [1.82, 2.24) is 9.99 Å². The van der Waals surface area contributed by atoms with E-state index in [2.05, 4.69) is 86.5 Å². The van der Waals surface area contributed by atoms with Gasteiger partial charge in [-0.15, -0.1) is 0 Å². The Bertz CT molecular complexity index is 1330. The molecule has 1 aromatic heterocycles. The monoisotopic (exact) mass is 588 g/mol. The number of hydrazine groups is 1. The van der Waals surface area contributed by atoms with Crippen LogP contribution in [0.5, 0.6) is 0 Å². The zero-order chi connectivity index (χ0) is 31.7. The van der Waals surface area contributed by atoms with E-state index in [-0.39, 0.29) is 5.41 Å². The molecule has 0 aliphatic heterocycles. The molecule has 0 atom stereocenters. The fourth-order valence-corrected chi connectivity index (χ4v) is 5.75. The number of allylic oxidation sites excluding steroid dienone is 2. The lowest BCUT2D eigenvalue weighted by atomic mass is 9.84. The molecule has 0 fully saturated rings. The van der Waals surface area contributed by atoms with Crippen LogP contribution >= 0.6 is 0 Å². The van der Waals surface area contributed by atoms with Crippen molar-refractivity contribution in [3.05, 3.63) is 78.0 Å². The molecule has 0 aliphatic carbocycles. The first-order valence-electron chi connectivity index (χ1n) is 15.3. The second kappa shape index (κ2) is 18.9. The van der Waals surface area contributed by atoms with E-state index in [1.54, 1.807) is 7.11 Å². The normalized spacial score (nSPS) is 11.7. The van der Waals surface area contributed by atoms with E-state index >= 15 is 0 Å². The summed E-state index contributed by atoms with van der Waals surface area (Å²) in [6.07, 6.45) is 11.7. The highest BCUT2D eigenvalue weighted by Gasteiger charge is 2.27. The summed E-state index contributed by atoms with van der Waals surface area (Å²) in [6.45, 7) is 16.0. The summed E-state index contributed by atoms with van der Waals surface area (Å²) in [5.41, 5.74) is 11.0. The SMILES string of the molecule is C=C/C=C(\COC)c1c(CC(C)(C)COC=O)c2cc(-c3cccc(CCCCCCCNN)c3)ccc2n1CC.C=N. The minimum atomic E-state index is -0.244. The summed E-state index contributed by atoms with van der Waals surface area (Å²) < 4.78 is 13.2. The number of nitrogens with zero attached hydrogens (tertiary/aromatic N) is 1. The number of benzene rings is 2. The molecule has 0 saturated heterocycles. The molecule has 1 heterocycles. The van der Waals surface area contributed by atoms with E-state index in [4.69, 9.17) is 20.7 Å². The second-order valence-electron chi connectivity index (χ2n) is 11.6. The minimum absolute atomic E-state index is 0.244. The van der Waals surface area contributed by atoms with Crippen LogP contribution < -0.4 is 11.3 Å². The first-order chi connectivity index (χ1) is 20.9. The Morgan fingerprint density at radius 2 is 1.79 bits per heavy atom. The number of hydrogen-bond acceptors (Lipinski definition) is 6. The van der Waals surface area contributed by atoms with Crippen LogP contribution in [0.3, 0.4) is 0 Å². The average molecular weight is 589 g/mol. The molecule has 7 heteroatoms. The van der Waals surface area contributed by atoms with Crippen molar-refractivity contribution >= 4 is 29.7 Å². The number of rotatable bonds is 19. The summed E-state index contributed by atoms with van der Waals surface area (Å²) in [7, 11) is 1.72. The first-order valence-corrected chi connectivity index (χ1v) is 15.3. The average Bonchev–Trinajstić information content (AvgIpc) is 3.32. The third kappa shape index (κ3) is 10.3. The number of hydrogen-bond donors (Lipinski definition) is 3. The van der Waals surface area contributed by atoms with Crippen LogP contribution in [0.25, 0.3) is 27.6 Å². The molecule has 3 aromatic rings. The Morgan fingerprint density at radius 1 is 1.07 bits per heavy atom. The molecule has 0 bridgehead atoms. The van der Waals surface area contributed by atoms with Gasteiger partial charge in [0.1, 0.15) is 0 Å². The summed E-state index contributed by atoms with van der Waals surface area (Å²) in [5, 5.41) is 6.72. The molecule has 0 amide bonds. The number of nitrogens with two attached hydrogens (primary N) is 1. The number of carbonyl (C=O) groups excluding carboxylic acids is 1. The van der Waals surface area contributed by atoms with Gasteiger partial charge in [-0.1, -0.05) is 82.2 Å². The van der Waals surface area contributed by atoms with Gasteiger partial charge in [0.2, 0.25) is 0 Å². The number of ether oxygens (including phenoxy) is 2. The predicted octanol–water partition coefficient (Wildman–Crippen LogP) is 7.51. The topological polar surface area (TPSA) is 102 Å². The summed E-state index contributed by atoms with van der Waals surface area (Å²) in [5.74, 6) is 5.37. The molecular formula is C36H52N4O3. The number of aryl methyl sites for hydroxylation is 2. The number of unbranched alkanes of at least 4 members (excludes halogenated alkanes) is 4. The molecular weight excluding hydrogens is 536 g/mol. The van der Waals surface area contributed by atoms with E-state index in [1.165, 1.54) is 58.8 Å². The van der Waals surface area contributed by atoms with E-state index in [9.17, 15) is 4.79 Å². The maximum absolute atomic E-state index is 11.0. The van der Waals surface area contributed by atoms with Crippen molar-refractivity contribution in [1.29, 1.82) is 5.41 Å². The van der Waals surface area contributed by atoms with Crippen molar-refractivity contribution in [3.8, 4) is 11.1 Å². The van der Waals surface area contributed by atoms with Crippen LogP contribution in [0, 0.1) is 10.8 Å². The molecule has 0 radical (unpaired) electrons. The zero-order valence-electron chi connectivity index (χ0n) is 26.7. The van der Waals surface area contributed by atoms with Crippen LogP contribution in [0.15, 0.2) is 61.2 Å². The zero-order valence-corrected chi connectivity index (χ0v) is 26.7. The molecule has 0 aliphatic rings. The van der Waals surface area contributed by atoms with Gasteiger partial charge in [-0.05, 0) is 73.7 Å². The van der Waals surface area contributed by atoms with Crippen LogP contribution in [-0.4, -0.2) is 44.6 Å². The summed E-state index contributed by atoms with van der Waals surface area (Å²) >= 11 is 0. The van der Waals surface area contributed by atoms with E-state index in [0.29, 0.717) is 19.7 Å². The van der Waals surface area contributed by atoms with E-state index in [1.807, 2.05) is 12.2 Å². The van der Waals surface area contributed by atoms with Gasteiger partial charge in [0.25, 0.3) is 6.47 Å². The fraction of sp³-hybridized carbons (Fsp3) is 0.444. The summed E-state index contributed by atoms with van der Waals surface area (Å²) in [6, 6.07) is 15.8. The maximum atomic E-state index is 11.0. The van der Waals surface area contributed by atoms with Crippen LogP contribution in [0.2, 0.25) is 0 Å². The Morgan fingerprint density at radius 3 is 2.47 bits per heavy atom. The van der Waals surface area contributed by atoms with Crippen LogP contribution in [0.1, 0.15) is 69.7 Å². The van der Waals surface area contributed by atoms with Crippen molar-refractivity contribution < 1.29 is 14.3 Å². The van der Waals surface area contributed by atoms with Crippen molar-refractivity contribution in [2.45, 2.75) is 72.3 Å². The Kier molecular flexibility index (Phi) is 15.7. The third-order valence-corrected chi connectivity index (χ3v) is 7.65. The lowest BCUT2D eigenvalue weighted by Gasteiger charge is -2.24. The van der Waals surface area contributed by atoms with Gasteiger partial charge >= 0.3 is 0 Å².